The lowest BCUT2D eigenvalue weighted by molar-refractivity contribution is -0.131. The first-order chi connectivity index (χ1) is 7.27. The molecule has 2 rings (SSSR count). The van der Waals surface area contributed by atoms with Crippen molar-refractivity contribution in [1.29, 1.82) is 0 Å². The maximum absolute atomic E-state index is 11.6. The highest BCUT2D eigenvalue weighted by atomic mass is 16.2. The normalized spacial score (nSPS) is 15.0. The molecule has 1 aliphatic rings. The molecule has 0 N–H and O–H groups in total. The number of carbonyl (C=O) groups excluding carboxylic acids is 1. The average Bonchev–Trinajstić information content (AvgIpc) is 3.10. The van der Waals surface area contributed by atoms with E-state index < -0.39 is 0 Å². The second-order valence-corrected chi connectivity index (χ2v) is 4.11. The minimum Gasteiger partial charge on any atom is -0.345 e. The van der Waals surface area contributed by atoms with Crippen LogP contribution < -0.4 is 0 Å². The monoisotopic (exact) mass is 204 g/mol. The summed E-state index contributed by atoms with van der Waals surface area (Å²) in [6.07, 6.45) is 4.79. The van der Waals surface area contributed by atoms with Crippen LogP contribution in [-0.4, -0.2) is 29.4 Å². The van der Waals surface area contributed by atoms with Crippen molar-refractivity contribution in [1.82, 2.24) is 9.88 Å². The molecule has 80 valence electrons. The summed E-state index contributed by atoms with van der Waals surface area (Å²) in [7, 11) is 1.88. The van der Waals surface area contributed by atoms with Crippen molar-refractivity contribution in [3.05, 3.63) is 30.1 Å². The molecule has 3 nitrogen and oxygen atoms in total. The minimum absolute atomic E-state index is 0.297. The molecule has 1 heterocycles. The van der Waals surface area contributed by atoms with Crippen LogP contribution >= 0.6 is 0 Å². The van der Waals surface area contributed by atoms with Crippen LogP contribution in [0.2, 0.25) is 0 Å². The van der Waals surface area contributed by atoms with Crippen molar-refractivity contribution in [2.75, 3.05) is 13.6 Å². The van der Waals surface area contributed by atoms with E-state index in [1.165, 1.54) is 0 Å². The molecule has 0 atom stereocenters. The molecule has 1 aromatic rings. The molecule has 1 saturated carbocycles. The zero-order chi connectivity index (χ0) is 10.7. The predicted octanol–water partition coefficient (Wildman–Crippen LogP) is 1.49. The zero-order valence-corrected chi connectivity index (χ0v) is 9.02. The van der Waals surface area contributed by atoms with Crippen molar-refractivity contribution >= 4 is 5.91 Å². The number of likely N-dealkylation sites (N-methyl/N-ethyl adjacent to an activating group) is 1. The largest absolute Gasteiger partial charge is 0.345 e. The second-order valence-electron chi connectivity index (χ2n) is 4.11. The van der Waals surface area contributed by atoms with E-state index in [1.807, 2.05) is 30.1 Å². The van der Waals surface area contributed by atoms with E-state index in [9.17, 15) is 4.79 Å². The Morgan fingerprint density at radius 3 is 2.93 bits per heavy atom. The number of carbonyl (C=O) groups is 1. The number of nitrogens with zero attached hydrogens (tertiary/aromatic N) is 2. The Kier molecular flexibility index (Phi) is 2.99. The third-order valence-electron chi connectivity index (χ3n) is 2.73. The highest BCUT2D eigenvalue weighted by molar-refractivity contribution is 5.80. The Morgan fingerprint density at radius 2 is 2.33 bits per heavy atom. The number of pyridine rings is 1. The maximum Gasteiger partial charge on any atom is 0.225 e. The molecule has 1 amide bonds. The fourth-order valence-corrected chi connectivity index (χ4v) is 1.58. The van der Waals surface area contributed by atoms with Crippen LogP contribution in [0, 0.1) is 5.92 Å². The third kappa shape index (κ3) is 2.78. The molecule has 0 saturated heterocycles. The number of rotatable bonds is 4. The average molecular weight is 204 g/mol. The van der Waals surface area contributed by atoms with E-state index in [4.69, 9.17) is 0 Å². The van der Waals surface area contributed by atoms with Gasteiger partial charge in [-0.15, -0.1) is 0 Å². The molecular weight excluding hydrogens is 188 g/mol. The topological polar surface area (TPSA) is 33.2 Å². The van der Waals surface area contributed by atoms with Gasteiger partial charge in [-0.1, -0.05) is 6.07 Å². The first-order valence-corrected chi connectivity index (χ1v) is 5.42. The maximum atomic E-state index is 11.6. The standard InChI is InChI=1S/C12H16N2O/c1-14(12(15)10-5-6-10)9-7-11-4-2-3-8-13-11/h2-4,8,10H,5-7,9H2,1H3. The van der Waals surface area contributed by atoms with Gasteiger partial charge in [0.15, 0.2) is 0 Å². The quantitative estimate of drug-likeness (QED) is 0.744. The van der Waals surface area contributed by atoms with Gasteiger partial charge in [0.05, 0.1) is 0 Å². The fourth-order valence-electron chi connectivity index (χ4n) is 1.58. The fraction of sp³-hybridized carbons (Fsp3) is 0.500. The number of hydrogen-bond acceptors (Lipinski definition) is 2. The highest BCUT2D eigenvalue weighted by Crippen LogP contribution is 2.30. The summed E-state index contributed by atoms with van der Waals surface area (Å²) in [6.45, 7) is 0.770. The number of aromatic nitrogens is 1. The second kappa shape index (κ2) is 4.43. The molecule has 0 unspecified atom stereocenters. The molecule has 1 fully saturated rings. The summed E-state index contributed by atoms with van der Waals surface area (Å²) in [5.41, 5.74) is 1.05. The van der Waals surface area contributed by atoms with Gasteiger partial charge in [0, 0.05) is 37.8 Å². The molecule has 15 heavy (non-hydrogen) atoms. The van der Waals surface area contributed by atoms with Gasteiger partial charge in [0.1, 0.15) is 0 Å². The van der Waals surface area contributed by atoms with E-state index >= 15 is 0 Å². The van der Waals surface area contributed by atoms with Crippen molar-refractivity contribution in [2.45, 2.75) is 19.3 Å². The van der Waals surface area contributed by atoms with Crippen LogP contribution in [0.15, 0.2) is 24.4 Å². The molecule has 1 aliphatic carbocycles. The summed E-state index contributed by atoms with van der Waals surface area (Å²) in [6, 6.07) is 5.88. The van der Waals surface area contributed by atoms with Gasteiger partial charge in [0.25, 0.3) is 0 Å². The highest BCUT2D eigenvalue weighted by Gasteiger charge is 2.31. The van der Waals surface area contributed by atoms with E-state index in [0.29, 0.717) is 11.8 Å². The van der Waals surface area contributed by atoms with Gasteiger partial charge >= 0.3 is 0 Å². The van der Waals surface area contributed by atoms with Gasteiger partial charge in [-0.25, -0.2) is 0 Å². The number of amides is 1. The minimum atomic E-state index is 0.297. The first kappa shape index (κ1) is 10.1. The lowest BCUT2D eigenvalue weighted by Gasteiger charge is -2.16. The SMILES string of the molecule is CN(CCc1ccccn1)C(=O)C1CC1. The zero-order valence-electron chi connectivity index (χ0n) is 9.02. The summed E-state index contributed by atoms with van der Waals surface area (Å²) >= 11 is 0. The van der Waals surface area contributed by atoms with Crippen LogP contribution in [0.1, 0.15) is 18.5 Å². The Morgan fingerprint density at radius 1 is 1.53 bits per heavy atom. The van der Waals surface area contributed by atoms with Gasteiger partial charge in [-0.2, -0.15) is 0 Å². The first-order valence-electron chi connectivity index (χ1n) is 5.42. The van der Waals surface area contributed by atoms with Crippen molar-refractivity contribution in [2.24, 2.45) is 5.92 Å². The van der Waals surface area contributed by atoms with E-state index in [2.05, 4.69) is 4.98 Å². The lowest BCUT2D eigenvalue weighted by Crippen LogP contribution is -2.30. The van der Waals surface area contributed by atoms with Crippen molar-refractivity contribution < 1.29 is 4.79 Å². The Labute approximate surface area is 90.1 Å². The van der Waals surface area contributed by atoms with E-state index in [-0.39, 0.29) is 0 Å². The van der Waals surface area contributed by atoms with Crippen molar-refractivity contribution in [3.8, 4) is 0 Å². The van der Waals surface area contributed by atoms with Crippen LogP contribution in [0.4, 0.5) is 0 Å². The van der Waals surface area contributed by atoms with E-state index in [0.717, 1.165) is 31.5 Å². The van der Waals surface area contributed by atoms with Gasteiger partial charge < -0.3 is 4.90 Å². The molecule has 0 bridgehead atoms. The van der Waals surface area contributed by atoms with Gasteiger partial charge in [-0.05, 0) is 25.0 Å². The molecule has 0 spiro atoms. The summed E-state index contributed by atoms with van der Waals surface area (Å²) in [4.78, 5) is 17.7. The summed E-state index contributed by atoms with van der Waals surface area (Å²) < 4.78 is 0. The predicted molar refractivity (Wildman–Crippen MR) is 58.3 cm³/mol. The molecule has 1 aromatic heterocycles. The lowest BCUT2D eigenvalue weighted by atomic mass is 10.2. The molecule has 0 aliphatic heterocycles. The Hall–Kier alpha value is -1.38. The molecule has 0 radical (unpaired) electrons. The smallest absolute Gasteiger partial charge is 0.225 e. The summed E-state index contributed by atoms with van der Waals surface area (Å²) in [5, 5.41) is 0. The van der Waals surface area contributed by atoms with Crippen LogP contribution in [-0.2, 0) is 11.2 Å². The Balaban J connectivity index is 1.80. The molecule has 3 heteroatoms. The van der Waals surface area contributed by atoms with Crippen LogP contribution in [0.25, 0.3) is 0 Å². The molecule has 0 aromatic carbocycles. The number of hydrogen-bond donors (Lipinski definition) is 0. The van der Waals surface area contributed by atoms with Gasteiger partial charge in [-0.3, -0.25) is 9.78 Å². The Bertz CT molecular complexity index is 333. The van der Waals surface area contributed by atoms with Gasteiger partial charge in [0.2, 0.25) is 5.91 Å². The van der Waals surface area contributed by atoms with Crippen LogP contribution in [0.3, 0.4) is 0 Å². The van der Waals surface area contributed by atoms with Crippen LogP contribution in [0.5, 0.6) is 0 Å². The van der Waals surface area contributed by atoms with Crippen molar-refractivity contribution in [3.63, 3.8) is 0 Å². The molecular formula is C12H16N2O. The third-order valence-corrected chi connectivity index (χ3v) is 2.73. The van der Waals surface area contributed by atoms with E-state index in [1.54, 1.807) is 6.20 Å². The summed E-state index contributed by atoms with van der Waals surface area (Å²) in [5.74, 6) is 0.615.